The van der Waals surface area contributed by atoms with E-state index in [1.807, 2.05) is 4.90 Å². The molecule has 72 valence electrons. The summed E-state index contributed by atoms with van der Waals surface area (Å²) in [5.41, 5.74) is 0. The standard InChI is InChI=1S/C10H16N2O/c1-8-4-5-11-9(8)10(13)12-6-2-3-7-12/h2-3,8-9,11H,4-7H2,1H3. The molecule has 2 atom stereocenters. The van der Waals surface area contributed by atoms with Crippen molar-refractivity contribution in [1.82, 2.24) is 10.2 Å². The Kier molecular flexibility index (Phi) is 2.36. The van der Waals surface area contributed by atoms with Crippen LogP contribution in [0.15, 0.2) is 12.2 Å². The van der Waals surface area contributed by atoms with Crippen molar-refractivity contribution < 1.29 is 4.79 Å². The lowest BCUT2D eigenvalue weighted by molar-refractivity contribution is -0.132. The summed E-state index contributed by atoms with van der Waals surface area (Å²) in [5.74, 6) is 0.767. The molecule has 2 heterocycles. The molecule has 0 saturated carbocycles. The van der Waals surface area contributed by atoms with Gasteiger partial charge in [0.15, 0.2) is 0 Å². The Morgan fingerprint density at radius 2 is 2.15 bits per heavy atom. The molecule has 2 aliphatic rings. The van der Waals surface area contributed by atoms with Crippen molar-refractivity contribution in [3.05, 3.63) is 12.2 Å². The first kappa shape index (κ1) is 8.75. The maximum Gasteiger partial charge on any atom is 0.240 e. The topological polar surface area (TPSA) is 32.3 Å². The SMILES string of the molecule is CC1CCNC1C(=O)N1CC=CC1. The number of carbonyl (C=O) groups is 1. The van der Waals surface area contributed by atoms with Crippen molar-refractivity contribution in [1.29, 1.82) is 0 Å². The molecule has 3 heteroatoms. The summed E-state index contributed by atoms with van der Waals surface area (Å²) < 4.78 is 0. The third kappa shape index (κ3) is 1.61. The molecule has 0 bridgehead atoms. The van der Waals surface area contributed by atoms with E-state index in [1.54, 1.807) is 0 Å². The van der Waals surface area contributed by atoms with Gasteiger partial charge in [-0.1, -0.05) is 19.1 Å². The number of nitrogens with zero attached hydrogens (tertiary/aromatic N) is 1. The highest BCUT2D eigenvalue weighted by Crippen LogP contribution is 2.17. The molecule has 0 aliphatic carbocycles. The Hall–Kier alpha value is -0.830. The van der Waals surface area contributed by atoms with Crippen LogP contribution in [0.1, 0.15) is 13.3 Å². The average Bonchev–Trinajstić information content (AvgIpc) is 2.72. The Bertz CT molecular complexity index is 229. The molecule has 0 aromatic heterocycles. The second-order valence-corrected chi connectivity index (χ2v) is 3.91. The molecule has 0 aromatic rings. The summed E-state index contributed by atoms with van der Waals surface area (Å²) in [4.78, 5) is 13.8. The third-order valence-electron chi connectivity index (χ3n) is 2.93. The quantitative estimate of drug-likeness (QED) is 0.592. The third-order valence-corrected chi connectivity index (χ3v) is 2.93. The highest BCUT2D eigenvalue weighted by atomic mass is 16.2. The number of carbonyl (C=O) groups excluding carboxylic acids is 1. The lowest BCUT2D eigenvalue weighted by Gasteiger charge is -2.22. The maximum atomic E-state index is 11.9. The molecule has 0 aromatic carbocycles. The van der Waals surface area contributed by atoms with E-state index in [0.717, 1.165) is 26.1 Å². The fraction of sp³-hybridized carbons (Fsp3) is 0.700. The monoisotopic (exact) mass is 180 g/mol. The normalized spacial score (nSPS) is 32.8. The van der Waals surface area contributed by atoms with Gasteiger partial charge in [-0.05, 0) is 18.9 Å². The van der Waals surface area contributed by atoms with Crippen molar-refractivity contribution >= 4 is 5.91 Å². The Balaban J connectivity index is 1.96. The van der Waals surface area contributed by atoms with E-state index in [4.69, 9.17) is 0 Å². The lowest BCUT2D eigenvalue weighted by atomic mass is 10.0. The van der Waals surface area contributed by atoms with Gasteiger partial charge < -0.3 is 10.2 Å². The zero-order chi connectivity index (χ0) is 9.26. The molecule has 2 rings (SSSR count). The molecule has 1 amide bonds. The fourth-order valence-corrected chi connectivity index (χ4v) is 2.02. The van der Waals surface area contributed by atoms with Crippen LogP contribution in [-0.2, 0) is 4.79 Å². The summed E-state index contributed by atoms with van der Waals surface area (Å²) >= 11 is 0. The molecule has 1 N–H and O–H groups in total. The van der Waals surface area contributed by atoms with Gasteiger partial charge in [-0.25, -0.2) is 0 Å². The number of hydrogen-bond acceptors (Lipinski definition) is 2. The zero-order valence-electron chi connectivity index (χ0n) is 7.99. The molecular formula is C10H16N2O. The molecule has 13 heavy (non-hydrogen) atoms. The van der Waals surface area contributed by atoms with Crippen LogP contribution >= 0.6 is 0 Å². The van der Waals surface area contributed by atoms with Crippen LogP contribution < -0.4 is 5.32 Å². The van der Waals surface area contributed by atoms with Gasteiger partial charge in [-0.3, -0.25) is 4.79 Å². The predicted molar refractivity (Wildman–Crippen MR) is 51.3 cm³/mol. The van der Waals surface area contributed by atoms with Crippen molar-refractivity contribution in [3.8, 4) is 0 Å². The number of nitrogens with one attached hydrogen (secondary N) is 1. The first-order valence-corrected chi connectivity index (χ1v) is 4.96. The Morgan fingerprint density at radius 3 is 2.69 bits per heavy atom. The van der Waals surface area contributed by atoms with Crippen LogP contribution in [-0.4, -0.2) is 36.5 Å². The number of amides is 1. The van der Waals surface area contributed by atoms with E-state index < -0.39 is 0 Å². The second kappa shape index (κ2) is 3.50. The van der Waals surface area contributed by atoms with Crippen LogP contribution in [0.3, 0.4) is 0 Å². The Labute approximate surface area is 78.8 Å². The molecular weight excluding hydrogens is 164 g/mol. The van der Waals surface area contributed by atoms with Crippen molar-refractivity contribution in [2.24, 2.45) is 5.92 Å². The van der Waals surface area contributed by atoms with Crippen molar-refractivity contribution in [2.45, 2.75) is 19.4 Å². The minimum Gasteiger partial charge on any atom is -0.334 e. The molecule has 1 saturated heterocycles. The van der Waals surface area contributed by atoms with E-state index >= 15 is 0 Å². The summed E-state index contributed by atoms with van der Waals surface area (Å²) in [7, 11) is 0. The first-order valence-electron chi connectivity index (χ1n) is 4.96. The highest BCUT2D eigenvalue weighted by molar-refractivity contribution is 5.83. The van der Waals surface area contributed by atoms with E-state index in [1.165, 1.54) is 0 Å². The largest absolute Gasteiger partial charge is 0.334 e. The van der Waals surface area contributed by atoms with Crippen molar-refractivity contribution in [3.63, 3.8) is 0 Å². The van der Waals surface area contributed by atoms with Gasteiger partial charge in [-0.15, -0.1) is 0 Å². The van der Waals surface area contributed by atoms with Crippen LogP contribution in [0.2, 0.25) is 0 Å². The summed E-state index contributed by atoms with van der Waals surface area (Å²) in [6.07, 6.45) is 5.23. The smallest absolute Gasteiger partial charge is 0.240 e. The molecule has 2 unspecified atom stereocenters. The minimum absolute atomic E-state index is 0.0694. The fourth-order valence-electron chi connectivity index (χ4n) is 2.02. The average molecular weight is 180 g/mol. The van der Waals surface area contributed by atoms with Gasteiger partial charge in [0.2, 0.25) is 5.91 Å². The van der Waals surface area contributed by atoms with Crippen LogP contribution in [0.5, 0.6) is 0 Å². The molecule has 0 spiro atoms. The summed E-state index contributed by atoms with van der Waals surface area (Å²) in [6.45, 7) is 4.72. The van der Waals surface area contributed by atoms with Crippen molar-refractivity contribution in [2.75, 3.05) is 19.6 Å². The van der Waals surface area contributed by atoms with Crippen LogP contribution in [0.4, 0.5) is 0 Å². The van der Waals surface area contributed by atoms with E-state index in [9.17, 15) is 4.79 Å². The van der Waals surface area contributed by atoms with E-state index in [2.05, 4.69) is 24.4 Å². The summed E-state index contributed by atoms with van der Waals surface area (Å²) in [6, 6.07) is 0.0694. The summed E-state index contributed by atoms with van der Waals surface area (Å²) in [5, 5.41) is 3.26. The van der Waals surface area contributed by atoms with Gasteiger partial charge in [-0.2, -0.15) is 0 Å². The number of rotatable bonds is 1. The minimum atomic E-state index is 0.0694. The number of hydrogen-bond donors (Lipinski definition) is 1. The van der Waals surface area contributed by atoms with Gasteiger partial charge in [0, 0.05) is 13.1 Å². The van der Waals surface area contributed by atoms with Gasteiger partial charge in [0.05, 0.1) is 6.04 Å². The predicted octanol–water partition coefficient (Wildman–Crippen LogP) is 0.383. The first-order chi connectivity index (χ1) is 6.29. The van der Waals surface area contributed by atoms with E-state index in [-0.39, 0.29) is 11.9 Å². The molecule has 0 radical (unpaired) electrons. The Morgan fingerprint density at radius 1 is 1.46 bits per heavy atom. The second-order valence-electron chi connectivity index (χ2n) is 3.91. The van der Waals surface area contributed by atoms with Crippen LogP contribution in [0.25, 0.3) is 0 Å². The molecule has 2 aliphatic heterocycles. The molecule has 1 fully saturated rings. The highest BCUT2D eigenvalue weighted by Gasteiger charge is 2.32. The maximum absolute atomic E-state index is 11.9. The van der Waals surface area contributed by atoms with Gasteiger partial charge in [0.1, 0.15) is 0 Å². The van der Waals surface area contributed by atoms with Gasteiger partial charge >= 0.3 is 0 Å². The van der Waals surface area contributed by atoms with Gasteiger partial charge in [0.25, 0.3) is 0 Å². The lowest BCUT2D eigenvalue weighted by Crippen LogP contribution is -2.44. The zero-order valence-corrected chi connectivity index (χ0v) is 7.99. The van der Waals surface area contributed by atoms with E-state index in [0.29, 0.717) is 5.92 Å². The molecule has 3 nitrogen and oxygen atoms in total. The van der Waals surface area contributed by atoms with Crippen LogP contribution in [0, 0.1) is 5.92 Å².